The first-order valence-corrected chi connectivity index (χ1v) is 9.35. The van der Waals surface area contributed by atoms with Crippen LogP contribution in [0.15, 0.2) is 42.7 Å². The van der Waals surface area contributed by atoms with E-state index in [0.29, 0.717) is 16.4 Å². The molecule has 0 aliphatic heterocycles. The Bertz CT molecular complexity index is 1090. The van der Waals surface area contributed by atoms with Gasteiger partial charge in [-0.25, -0.2) is 4.98 Å². The number of hydrogen-bond donors (Lipinski definition) is 2. The number of methoxy groups -OCH3 is 1. The summed E-state index contributed by atoms with van der Waals surface area (Å²) in [5.74, 6) is 0.777. The SMILES string of the molecule is COc1ccc2ccccc2c1C(c1sc2ncnn2c1O)N(C)CCO. The summed E-state index contributed by atoms with van der Waals surface area (Å²) in [6.07, 6.45) is 1.42. The Morgan fingerprint density at radius 1 is 1.26 bits per heavy atom. The average Bonchev–Trinajstić information content (AvgIpc) is 3.26. The molecule has 2 aromatic heterocycles. The van der Waals surface area contributed by atoms with Gasteiger partial charge in [0.15, 0.2) is 0 Å². The highest BCUT2D eigenvalue weighted by atomic mass is 32.1. The van der Waals surface area contributed by atoms with E-state index in [9.17, 15) is 10.2 Å². The molecule has 4 rings (SSSR count). The molecule has 140 valence electrons. The lowest BCUT2D eigenvalue weighted by Gasteiger charge is -2.29. The van der Waals surface area contributed by atoms with E-state index in [1.807, 2.05) is 48.3 Å². The van der Waals surface area contributed by atoms with Gasteiger partial charge in [-0.2, -0.15) is 9.61 Å². The van der Waals surface area contributed by atoms with Crippen molar-refractivity contribution in [1.29, 1.82) is 0 Å². The molecular formula is C19H20N4O3S. The second kappa shape index (κ2) is 7.15. The zero-order chi connectivity index (χ0) is 19.0. The minimum atomic E-state index is -0.327. The number of nitrogens with zero attached hydrogens (tertiary/aromatic N) is 4. The molecule has 4 aromatic rings. The van der Waals surface area contributed by atoms with Crippen LogP contribution in [0.25, 0.3) is 15.7 Å². The number of aromatic hydroxyl groups is 1. The van der Waals surface area contributed by atoms with Crippen LogP contribution in [0, 0.1) is 0 Å². The molecule has 0 saturated heterocycles. The molecule has 0 bridgehead atoms. The lowest BCUT2D eigenvalue weighted by Crippen LogP contribution is -2.28. The van der Waals surface area contributed by atoms with Gasteiger partial charge in [0.1, 0.15) is 12.1 Å². The minimum absolute atomic E-state index is 0.00159. The molecule has 27 heavy (non-hydrogen) atoms. The van der Waals surface area contributed by atoms with Crippen LogP contribution >= 0.6 is 11.3 Å². The van der Waals surface area contributed by atoms with Crippen LogP contribution in [0.5, 0.6) is 11.6 Å². The van der Waals surface area contributed by atoms with E-state index >= 15 is 0 Å². The normalized spacial score (nSPS) is 12.9. The number of aromatic nitrogens is 3. The number of aliphatic hydroxyl groups is 1. The maximum absolute atomic E-state index is 10.8. The van der Waals surface area contributed by atoms with Crippen molar-refractivity contribution in [3.8, 4) is 11.6 Å². The van der Waals surface area contributed by atoms with E-state index in [0.717, 1.165) is 22.1 Å². The zero-order valence-corrected chi connectivity index (χ0v) is 15.8. The van der Waals surface area contributed by atoms with Crippen molar-refractivity contribution in [3.05, 3.63) is 53.2 Å². The van der Waals surface area contributed by atoms with Crippen LogP contribution in [0.4, 0.5) is 0 Å². The molecule has 0 spiro atoms. The average molecular weight is 384 g/mol. The Morgan fingerprint density at radius 3 is 2.81 bits per heavy atom. The monoisotopic (exact) mass is 384 g/mol. The Balaban J connectivity index is 2.01. The van der Waals surface area contributed by atoms with Crippen LogP contribution in [0.1, 0.15) is 16.5 Å². The highest BCUT2D eigenvalue weighted by Gasteiger charge is 2.30. The number of rotatable bonds is 6. The molecule has 7 nitrogen and oxygen atoms in total. The number of aliphatic hydroxyl groups excluding tert-OH is 1. The van der Waals surface area contributed by atoms with Gasteiger partial charge in [0.2, 0.25) is 10.8 Å². The summed E-state index contributed by atoms with van der Waals surface area (Å²) in [5.41, 5.74) is 0.936. The van der Waals surface area contributed by atoms with Gasteiger partial charge in [-0.1, -0.05) is 41.7 Å². The number of benzene rings is 2. The quantitative estimate of drug-likeness (QED) is 0.532. The number of fused-ring (bicyclic) bond motifs is 2. The first-order chi connectivity index (χ1) is 13.2. The maximum atomic E-state index is 10.8. The molecule has 2 N–H and O–H groups in total. The molecule has 0 fully saturated rings. The predicted molar refractivity (Wildman–Crippen MR) is 105 cm³/mol. The van der Waals surface area contributed by atoms with Gasteiger partial charge < -0.3 is 14.9 Å². The van der Waals surface area contributed by atoms with Crippen molar-refractivity contribution < 1.29 is 14.9 Å². The summed E-state index contributed by atoms with van der Waals surface area (Å²) in [5, 5.41) is 26.5. The van der Waals surface area contributed by atoms with Gasteiger partial charge in [-0.05, 0) is 23.9 Å². The fourth-order valence-corrected chi connectivity index (χ4v) is 4.55. The third kappa shape index (κ3) is 2.91. The van der Waals surface area contributed by atoms with Crippen molar-refractivity contribution in [2.75, 3.05) is 27.3 Å². The molecule has 0 saturated carbocycles. The second-order valence-electron chi connectivity index (χ2n) is 6.25. The minimum Gasteiger partial charge on any atom is -0.496 e. The number of thiazole rings is 1. The third-order valence-electron chi connectivity index (χ3n) is 4.70. The molecule has 8 heteroatoms. The van der Waals surface area contributed by atoms with Crippen LogP contribution < -0.4 is 4.74 Å². The summed E-state index contributed by atoms with van der Waals surface area (Å²) in [7, 11) is 3.55. The molecule has 2 aromatic carbocycles. The summed E-state index contributed by atoms with van der Waals surface area (Å²) in [6.45, 7) is 0.436. The van der Waals surface area contributed by atoms with Gasteiger partial charge >= 0.3 is 0 Å². The van der Waals surface area contributed by atoms with Crippen LogP contribution in [-0.4, -0.2) is 57.0 Å². The van der Waals surface area contributed by atoms with Crippen molar-refractivity contribution in [3.63, 3.8) is 0 Å². The van der Waals surface area contributed by atoms with Gasteiger partial charge in [0, 0.05) is 12.1 Å². The van der Waals surface area contributed by atoms with Gasteiger partial charge in [0.25, 0.3) is 0 Å². The van der Waals surface area contributed by atoms with Crippen LogP contribution in [-0.2, 0) is 0 Å². The van der Waals surface area contributed by atoms with E-state index in [1.165, 1.54) is 22.2 Å². The second-order valence-corrected chi connectivity index (χ2v) is 7.26. The first kappa shape index (κ1) is 17.7. The summed E-state index contributed by atoms with van der Waals surface area (Å²) in [4.78, 5) is 7.51. The van der Waals surface area contributed by atoms with Gasteiger partial charge in [-0.3, -0.25) is 4.90 Å². The van der Waals surface area contributed by atoms with Crippen LogP contribution in [0.2, 0.25) is 0 Å². The highest BCUT2D eigenvalue weighted by molar-refractivity contribution is 7.17. The highest BCUT2D eigenvalue weighted by Crippen LogP contribution is 2.44. The van der Waals surface area contributed by atoms with Crippen molar-refractivity contribution in [1.82, 2.24) is 19.5 Å². The Hall–Kier alpha value is -2.68. The topological polar surface area (TPSA) is 83.1 Å². The van der Waals surface area contributed by atoms with E-state index in [1.54, 1.807) is 7.11 Å². The standard InChI is InChI=1S/C19H20N4O3S/c1-22(9-10-24)16(17-18(25)23-19(27-17)20-11-21-23)15-13-6-4-3-5-12(13)7-8-14(15)26-2/h3-8,11,16,24-25H,9-10H2,1-2H3. The molecule has 0 amide bonds. The Morgan fingerprint density at radius 2 is 2.07 bits per heavy atom. The smallest absolute Gasteiger partial charge is 0.230 e. The van der Waals surface area contributed by atoms with Gasteiger partial charge in [-0.15, -0.1) is 0 Å². The largest absolute Gasteiger partial charge is 0.496 e. The number of likely N-dealkylation sites (N-methyl/N-ethyl adjacent to an activating group) is 1. The van der Waals surface area contributed by atoms with E-state index in [-0.39, 0.29) is 18.5 Å². The van der Waals surface area contributed by atoms with Crippen molar-refractivity contribution in [2.45, 2.75) is 6.04 Å². The molecule has 0 radical (unpaired) electrons. The maximum Gasteiger partial charge on any atom is 0.230 e. The fraction of sp³-hybridized carbons (Fsp3) is 0.263. The van der Waals surface area contributed by atoms with E-state index < -0.39 is 0 Å². The van der Waals surface area contributed by atoms with Gasteiger partial charge in [0.05, 0.1) is 24.6 Å². The summed E-state index contributed by atoms with van der Waals surface area (Å²) in [6, 6.07) is 11.7. The number of hydrogen-bond acceptors (Lipinski definition) is 7. The zero-order valence-electron chi connectivity index (χ0n) is 15.0. The lowest BCUT2D eigenvalue weighted by atomic mass is 9.95. The van der Waals surface area contributed by atoms with E-state index in [4.69, 9.17) is 4.74 Å². The fourth-order valence-electron chi connectivity index (χ4n) is 3.45. The Labute approximate surface area is 160 Å². The number of ether oxygens (including phenoxy) is 1. The molecule has 1 unspecified atom stereocenters. The molecule has 0 aliphatic carbocycles. The first-order valence-electron chi connectivity index (χ1n) is 8.53. The van der Waals surface area contributed by atoms with E-state index in [2.05, 4.69) is 10.1 Å². The van der Waals surface area contributed by atoms with Crippen molar-refractivity contribution >= 4 is 27.1 Å². The van der Waals surface area contributed by atoms with Crippen molar-refractivity contribution in [2.24, 2.45) is 0 Å². The molecule has 0 aliphatic rings. The molecule has 2 heterocycles. The molecule has 1 atom stereocenters. The lowest BCUT2D eigenvalue weighted by molar-refractivity contribution is 0.195. The Kier molecular flexibility index (Phi) is 4.69. The summed E-state index contributed by atoms with van der Waals surface area (Å²) >= 11 is 1.38. The third-order valence-corrected chi connectivity index (χ3v) is 5.79. The van der Waals surface area contributed by atoms with Crippen LogP contribution in [0.3, 0.4) is 0 Å². The molecular weight excluding hydrogens is 364 g/mol. The summed E-state index contributed by atoms with van der Waals surface area (Å²) < 4.78 is 7.10. The predicted octanol–water partition coefficient (Wildman–Crippen LogP) is 2.67.